The molecular formula is C15H17N5O2S. The lowest BCUT2D eigenvalue weighted by Crippen LogP contribution is -2.51. The fraction of sp³-hybridized carbons (Fsp3) is 0.400. The molecule has 0 aliphatic carbocycles. The number of furan rings is 1. The molecule has 0 aromatic carbocycles. The second kappa shape index (κ2) is 6.13. The lowest BCUT2D eigenvalue weighted by molar-refractivity contribution is 0.202. The van der Waals surface area contributed by atoms with Crippen molar-refractivity contribution in [3.63, 3.8) is 0 Å². The molecular weight excluding hydrogens is 314 g/mol. The number of thiazole rings is 1. The van der Waals surface area contributed by atoms with Crippen molar-refractivity contribution in [3.8, 4) is 11.7 Å². The lowest BCUT2D eigenvalue weighted by Gasteiger charge is -2.39. The summed E-state index contributed by atoms with van der Waals surface area (Å²) >= 11 is 1.69. The highest BCUT2D eigenvalue weighted by Gasteiger charge is 2.26. The Morgan fingerprint density at radius 1 is 1.35 bits per heavy atom. The zero-order chi connectivity index (χ0) is 15.6. The van der Waals surface area contributed by atoms with Gasteiger partial charge in [-0.25, -0.2) is 4.98 Å². The molecule has 4 heterocycles. The second-order valence-electron chi connectivity index (χ2n) is 5.57. The molecule has 7 nitrogen and oxygen atoms in total. The van der Waals surface area contributed by atoms with E-state index in [-0.39, 0.29) is 0 Å². The summed E-state index contributed by atoms with van der Waals surface area (Å²) in [6.07, 6.45) is 3.45. The van der Waals surface area contributed by atoms with Gasteiger partial charge in [0.15, 0.2) is 10.9 Å². The van der Waals surface area contributed by atoms with Crippen LogP contribution in [0.15, 0.2) is 38.8 Å². The Bertz CT molecular complexity index is 740. The van der Waals surface area contributed by atoms with E-state index in [0.29, 0.717) is 30.1 Å². The van der Waals surface area contributed by atoms with Crippen molar-refractivity contribution in [2.75, 3.05) is 24.5 Å². The van der Waals surface area contributed by atoms with Gasteiger partial charge in [-0.3, -0.25) is 4.90 Å². The molecule has 1 aliphatic heterocycles. The van der Waals surface area contributed by atoms with Gasteiger partial charge in [0.2, 0.25) is 5.89 Å². The maximum atomic E-state index is 5.68. The van der Waals surface area contributed by atoms with E-state index < -0.39 is 0 Å². The SMILES string of the molecule is CC1CN(Cc2nnc(-c3ccco3)o2)CCN1c1nccs1. The second-order valence-corrected chi connectivity index (χ2v) is 6.44. The lowest BCUT2D eigenvalue weighted by atomic mass is 10.2. The van der Waals surface area contributed by atoms with E-state index in [9.17, 15) is 0 Å². The van der Waals surface area contributed by atoms with E-state index in [2.05, 4.69) is 31.9 Å². The predicted octanol–water partition coefficient (Wildman–Crippen LogP) is 2.50. The van der Waals surface area contributed by atoms with E-state index in [1.807, 2.05) is 17.6 Å². The van der Waals surface area contributed by atoms with Crippen LogP contribution in [0, 0.1) is 0 Å². The molecule has 0 amide bonds. The average Bonchev–Trinajstić information content (AvgIpc) is 3.30. The fourth-order valence-electron chi connectivity index (χ4n) is 2.83. The molecule has 1 atom stereocenters. The zero-order valence-corrected chi connectivity index (χ0v) is 13.6. The first-order chi connectivity index (χ1) is 11.3. The maximum absolute atomic E-state index is 5.68. The van der Waals surface area contributed by atoms with Gasteiger partial charge in [-0.2, -0.15) is 0 Å². The van der Waals surface area contributed by atoms with Crippen molar-refractivity contribution in [2.24, 2.45) is 0 Å². The van der Waals surface area contributed by atoms with Crippen LogP contribution in [0.25, 0.3) is 11.7 Å². The minimum Gasteiger partial charge on any atom is -0.459 e. The molecule has 120 valence electrons. The summed E-state index contributed by atoms with van der Waals surface area (Å²) in [4.78, 5) is 9.08. The first kappa shape index (κ1) is 14.4. The molecule has 0 saturated carbocycles. The van der Waals surface area contributed by atoms with Gasteiger partial charge in [-0.05, 0) is 19.1 Å². The van der Waals surface area contributed by atoms with Gasteiger partial charge in [-0.1, -0.05) is 0 Å². The zero-order valence-electron chi connectivity index (χ0n) is 12.8. The molecule has 1 fully saturated rings. The molecule has 0 radical (unpaired) electrons. The summed E-state index contributed by atoms with van der Waals surface area (Å²) in [5.41, 5.74) is 0. The van der Waals surface area contributed by atoms with E-state index in [1.54, 1.807) is 23.7 Å². The van der Waals surface area contributed by atoms with Crippen molar-refractivity contribution in [1.82, 2.24) is 20.1 Å². The maximum Gasteiger partial charge on any atom is 0.283 e. The molecule has 1 aliphatic rings. The Hall–Kier alpha value is -2.19. The fourth-order valence-corrected chi connectivity index (χ4v) is 3.60. The van der Waals surface area contributed by atoms with Crippen molar-refractivity contribution in [3.05, 3.63) is 35.9 Å². The van der Waals surface area contributed by atoms with Crippen LogP contribution in [-0.2, 0) is 6.54 Å². The molecule has 3 aromatic rings. The van der Waals surface area contributed by atoms with Crippen LogP contribution < -0.4 is 4.90 Å². The normalized spacial score (nSPS) is 19.3. The Balaban J connectivity index is 1.39. The summed E-state index contributed by atoms with van der Waals surface area (Å²) in [5, 5.41) is 11.3. The number of rotatable bonds is 4. The molecule has 1 saturated heterocycles. The average molecular weight is 331 g/mol. The largest absolute Gasteiger partial charge is 0.459 e. The minimum atomic E-state index is 0.405. The highest BCUT2D eigenvalue weighted by atomic mass is 32.1. The van der Waals surface area contributed by atoms with E-state index in [1.165, 1.54) is 0 Å². The number of aromatic nitrogens is 3. The Kier molecular flexibility index (Phi) is 3.84. The van der Waals surface area contributed by atoms with Crippen LogP contribution in [0.5, 0.6) is 0 Å². The van der Waals surface area contributed by atoms with Gasteiger partial charge >= 0.3 is 0 Å². The van der Waals surface area contributed by atoms with Crippen molar-refractivity contribution < 1.29 is 8.83 Å². The quantitative estimate of drug-likeness (QED) is 0.727. The molecule has 1 unspecified atom stereocenters. The van der Waals surface area contributed by atoms with Crippen LogP contribution in [0.2, 0.25) is 0 Å². The highest BCUT2D eigenvalue weighted by molar-refractivity contribution is 7.13. The topological polar surface area (TPSA) is 71.4 Å². The number of nitrogens with zero attached hydrogens (tertiary/aromatic N) is 5. The van der Waals surface area contributed by atoms with Gasteiger partial charge in [0.25, 0.3) is 5.89 Å². The van der Waals surface area contributed by atoms with E-state index >= 15 is 0 Å². The number of piperazine rings is 1. The van der Waals surface area contributed by atoms with Crippen LogP contribution in [0.3, 0.4) is 0 Å². The summed E-state index contributed by atoms with van der Waals surface area (Å²) in [7, 11) is 0. The first-order valence-electron chi connectivity index (χ1n) is 7.54. The standard InChI is InChI=1S/C15H17N5O2S/c1-11-9-19(5-6-20(11)15-16-4-8-23-15)10-13-17-18-14(22-13)12-3-2-7-21-12/h2-4,7-8,11H,5-6,9-10H2,1H3. The third kappa shape index (κ3) is 2.99. The van der Waals surface area contributed by atoms with Crippen molar-refractivity contribution >= 4 is 16.5 Å². The van der Waals surface area contributed by atoms with Gasteiger partial charge in [0.05, 0.1) is 12.8 Å². The van der Waals surface area contributed by atoms with E-state index in [4.69, 9.17) is 8.83 Å². The third-order valence-electron chi connectivity index (χ3n) is 3.93. The molecule has 0 bridgehead atoms. The monoisotopic (exact) mass is 331 g/mol. The first-order valence-corrected chi connectivity index (χ1v) is 8.42. The summed E-state index contributed by atoms with van der Waals surface area (Å²) in [6, 6.07) is 4.02. The van der Waals surface area contributed by atoms with Gasteiger partial charge in [0, 0.05) is 37.3 Å². The molecule has 3 aromatic heterocycles. The van der Waals surface area contributed by atoms with Crippen LogP contribution in [0.4, 0.5) is 5.13 Å². The summed E-state index contributed by atoms with van der Waals surface area (Å²) in [6.45, 7) is 5.72. The minimum absolute atomic E-state index is 0.405. The summed E-state index contributed by atoms with van der Waals surface area (Å²) < 4.78 is 11.0. The Labute approximate surface area is 137 Å². The van der Waals surface area contributed by atoms with Gasteiger partial charge < -0.3 is 13.7 Å². The van der Waals surface area contributed by atoms with Crippen molar-refractivity contribution in [1.29, 1.82) is 0 Å². The Morgan fingerprint density at radius 2 is 2.30 bits per heavy atom. The van der Waals surface area contributed by atoms with E-state index in [0.717, 1.165) is 24.8 Å². The van der Waals surface area contributed by atoms with Crippen molar-refractivity contribution in [2.45, 2.75) is 19.5 Å². The smallest absolute Gasteiger partial charge is 0.283 e. The van der Waals surface area contributed by atoms with Crippen LogP contribution >= 0.6 is 11.3 Å². The number of hydrogen-bond donors (Lipinski definition) is 0. The number of anilines is 1. The molecule has 0 spiro atoms. The molecule has 23 heavy (non-hydrogen) atoms. The van der Waals surface area contributed by atoms with Gasteiger partial charge in [-0.15, -0.1) is 21.5 Å². The van der Waals surface area contributed by atoms with Crippen LogP contribution in [0.1, 0.15) is 12.8 Å². The molecule has 4 rings (SSSR count). The number of hydrogen-bond acceptors (Lipinski definition) is 8. The Morgan fingerprint density at radius 3 is 3.04 bits per heavy atom. The summed E-state index contributed by atoms with van der Waals surface area (Å²) in [5.74, 6) is 1.65. The third-order valence-corrected chi connectivity index (χ3v) is 4.74. The molecule has 8 heteroatoms. The van der Waals surface area contributed by atoms with Gasteiger partial charge in [0.1, 0.15) is 0 Å². The predicted molar refractivity (Wildman–Crippen MR) is 86.2 cm³/mol. The molecule has 0 N–H and O–H groups in total. The highest BCUT2D eigenvalue weighted by Crippen LogP contribution is 2.24. The van der Waals surface area contributed by atoms with Crippen LogP contribution in [-0.4, -0.2) is 45.8 Å².